The summed E-state index contributed by atoms with van der Waals surface area (Å²) in [4.78, 5) is 14.0. The molecule has 130 valence electrons. The van der Waals surface area contributed by atoms with Gasteiger partial charge in [-0.25, -0.2) is 0 Å². The molecule has 3 rings (SSSR count). The van der Waals surface area contributed by atoms with E-state index in [-0.39, 0.29) is 17.3 Å². The molecule has 0 saturated heterocycles. The van der Waals surface area contributed by atoms with Crippen molar-refractivity contribution in [3.05, 3.63) is 63.9 Å². The quantitative estimate of drug-likeness (QED) is 0.807. The number of carbonyl (C=O) groups is 1. The topological polar surface area (TPSA) is 51.0 Å². The number of Topliss-reactive ketones (excluding diaryl/α,β-unsaturated/α-hetero) is 1. The Morgan fingerprint density at radius 1 is 1.20 bits per heavy atom. The monoisotopic (exact) mass is 358 g/mol. The van der Waals surface area contributed by atoms with Gasteiger partial charge in [-0.05, 0) is 49.8 Å². The fourth-order valence-corrected chi connectivity index (χ4v) is 3.16. The number of quaternary nitrogens is 1. The summed E-state index contributed by atoms with van der Waals surface area (Å²) in [7, 11) is 0. The van der Waals surface area contributed by atoms with Crippen LogP contribution < -0.4 is 9.64 Å². The van der Waals surface area contributed by atoms with E-state index in [0.717, 1.165) is 18.7 Å². The molecule has 25 heavy (non-hydrogen) atoms. The van der Waals surface area contributed by atoms with Crippen LogP contribution in [0.4, 0.5) is 0 Å². The Labute approximate surface area is 152 Å². The summed E-state index contributed by atoms with van der Waals surface area (Å²) in [5, 5.41) is 10.9. The van der Waals surface area contributed by atoms with E-state index >= 15 is 0 Å². The van der Waals surface area contributed by atoms with Gasteiger partial charge in [-0.3, -0.25) is 4.79 Å². The van der Waals surface area contributed by atoms with E-state index in [1.54, 1.807) is 30.3 Å². The molecule has 0 bridgehead atoms. The number of aromatic hydroxyl groups is 1. The third kappa shape index (κ3) is 3.55. The minimum Gasteiger partial charge on any atom is -0.507 e. The van der Waals surface area contributed by atoms with E-state index < -0.39 is 0 Å². The summed E-state index contributed by atoms with van der Waals surface area (Å²) in [6.07, 6.45) is 1.68. The van der Waals surface area contributed by atoms with Gasteiger partial charge in [-0.1, -0.05) is 23.7 Å². The van der Waals surface area contributed by atoms with E-state index in [1.807, 2.05) is 12.1 Å². The Morgan fingerprint density at radius 3 is 2.64 bits per heavy atom. The van der Waals surface area contributed by atoms with Crippen LogP contribution >= 0.6 is 11.6 Å². The van der Waals surface area contributed by atoms with Crippen LogP contribution in [0.2, 0.25) is 5.02 Å². The first-order valence-electron chi connectivity index (χ1n) is 8.41. The Hall–Kier alpha value is -2.30. The Bertz CT molecular complexity index is 841. The molecule has 0 amide bonds. The van der Waals surface area contributed by atoms with Crippen molar-refractivity contribution in [3.63, 3.8) is 0 Å². The molecule has 0 radical (unpaired) electrons. The smallest absolute Gasteiger partial charge is 0.231 e. The lowest BCUT2D eigenvalue weighted by Crippen LogP contribution is -3.10. The van der Waals surface area contributed by atoms with Crippen molar-refractivity contribution in [3.8, 4) is 11.5 Å². The maximum Gasteiger partial charge on any atom is 0.231 e. The summed E-state index contributed by atoms with van der Waals surface area (Å²) in [6, 6.07) is 10.4. The lowest BCUT2D eigenvalue weighted by atomic mass is 10.0. The summed E-state index contributed by atoms with van der Waals surface area (Å²) in [5.41, 5.74) is 1.97. The number of nitrogens with one attached hydrogen (secondary N) is 1. The summed E-state index contributed by atoms with van der Waals surface area (Å²) < 4.78 is 5.86. The third-order valence-electron chi connectivity index (χ3n) is 4.49. The maximum atomic E-state index is 12.7. The number of benzene rings is 2. The molecule has 0 unspecified atom stereocenters. The molecule has 2 aromatic carbocycles. The lowest BCUT2D eigenvalue weighted by Gasteiger charge is -2.17. The predicted octanol–water partition coefficient (Wildman–Crippen LogP) is 3.09. The molecule has 2 aromatic rings. The molecular formula is C20H21ClNO3+. The number of phenols is 1. The number of allylic oxidation sites excluding steroid dienone is 1. The SMILES string of the molecule is CC[NH+](CC)Cc1c(O)ccc2c1O/C(=C/c1cccc(Cl)c1)C2=O. The van der Waals surface area contributed by atoms with Crippen molar-refractivity contribution < 1.29 is 19.5 Å². The highest BCUT2D eigenvalue weighted by molar-refractivity contribution is 6.30. The Kier molecular flexibility index (Phi) is 5.11. The van der Waals surface area contributed by atoms with Crippen LogP contribution in [0.25, 0.3) is 6.08 Å². The van der Waals surface area contributed by atoms with E-state index in [4.69, 9.17) is 16.3 Å². The molecule has 0 aromatic heterocycles. The van der Waals surface area contributed by atoms with Gasteiger partial charge < -0.3 is 14.7 Å². The summed E-state index contributed by atoms with van der Waals surface area (Å²) in [5.74, 6) is 0.706. The van der Waals surface area contributed by atoms with Gasteiger partial charge in [0.25, 0.3) is 0 Å². The number of fused-ring (bicyclic) bond motifs is 1. The number of rotatable bonds is 5. The van der Waals surface area contributed by atoms with E-state index in [9.17, 15) is 9.90 Å². The second-order valence-electron chi connectivity index (χ2n) is 6.07. The standard InChI is InChI=1S/C20H20ClNO3/c1-3-22(4-2)12-16-17(23)9-8-15-19(24)18(25-20(15)16)11-13-6-5-7-14(21)10-13/h5-11,23H,3-4,12H2,1-2H3/p+1/b18-11+. The number of carbonyl (C=O) groups excluding carboxylic acids is 1. The fourth-order valence-electron chi connectivity index (χ4n) is 2.97. The zero-order valence-corrected chi connectivity index (χ0v) is 15.1. The van der Waals surface area contributed by atoms with Crippen molar-refractivity contribution in [1.29, 1.82) is 0 Å². The molecule has 0 saturated carbocycles. The molecule has 1 aliphatic heterocycles. The van der Waals surface area contributed by atoms with E-state index in [1.165, 1.54) is 4.90 Å². The molecule has 0 atom stereocenters. The first-order valence-corrected chi connectivity index (χ1v) is 8.79. The van der Waals surface area contributed by atoms with Crippen LogP contribution in [-0.2, 0) is 6.54 Å². The first kappa shape index (κ1) is 17.5. The normalized spacial score (nSPS) is 14.9. The van der Waals surface area contributed by atoms with Crippen molar-refractivity contribution in [2.75, 3.05) is 13.1 Å². The average molecular weight is 359 g/mol. The van der Waals surface area contributed by atoms with Crippen molar-refractivity contribution in [2.45, 2.75) is 20.4 Å². The zero-order chi connectivity index (χ0) is 18.0. The number of phenolic OH excluding ortho intramolecular Hbond substituents is 1. The van der Waals surface area contributed by atoms with Gasteiger partial charge in [0.1, 0.15) is 12.3 Å². The van der Waals surface area contributed by atoms with Crippen molar-refractivity contribution in [2.24, 2.45) is 0 Å². The zero-order valence-electron chi connectivity index (χ0n) is 14.3. The predicted molar refractivity (Wildman–Crippen MR) is 98.2 cm³/mol. The van der Waals surface area contributed by atoms with E-state index in [2.05, 4.69) is 13.8 Å². The highest BCUT2D eigenvalue weighted by Gasteiger charge is 2.32. The van der Waals surface area contributed by atoms with Crippen molar-refractivity contribution in [1.82, 2.24) is 0 Å². The van der Waals surface area contributed by atoms with Gasteiger partial charge >= 0.3 is 0 Å². The molecule has 0 fully saturated rings. The Balaban J connectivity index is 1.98. The largest absolute Gasteiger partial charge is 0.507 e. The number of ketones is 1. The molecule has 2 N–H and O–H groups in total. The van der Waals surface area contributed by atoms with Crippen LogP contribution in [0, 0.1) is 0 Å². The third-order valence-corrected chi connectivity index (χ3v) is 4.72. The van der Waals surface area contributed by atoms with Gasteiger partial charge in [0.2, 0.25) is 5.78 Å². The van der Waals surface area contributed by atoms with Crippen LogP contribution in [0.3, 0.4) is 0 Å². The van der Waals surface area contributed by atoms with Gasteiger partial charge in [-0.2, -0.15) is 0 Å². The molecule has 0 aliphatic carbocycles. The van der Waals surface area contributed by atoms with Gasteiger partial charge in [0.15, 0.2) is 11.5 Å². The summed E-state index contributed by atoms with van der Waals surface area (Å²) in [6.45, 7) is 6.66. The first-order chi connectivity index (χ1) is 12.0. The lowest BCUT2D eigenvalue weighted by molar-refractivity contribution is -0.910. The fraction of sp³-hybridized carbons (Fsp3) is 0.250. The van der Waals surface area contributed by atoms with Crippen LogP contribution in [0.15, 0.2) is 42.2 Å². The van der Waals surface area contributed by atoms with Crippen LogP contribution in [0.1, 0.15) is 35.3 Å². The summed E-state index contributed by atoms with van der Waals surface area (Å²) >= 11 is 6.00. The minimum absolute atomic E-state index is 0.162. The minimum atomic E-state index is -0.175. The van der Waals surface area contributed by atoms with Crippen molar-refractivity contribution >= 4 is 23.5 Å². The highest BCUT2D eigenvalue weighted by Crippen LogP contribution is 2.39. The molecule has 0 spiro atoms. The van der Waals surface area contributed by atoms with Crippen LogP contribution in [-0.4, -0.2) is 24.0 Å². The molecule has 1 aliphatic rings. The maximum absolute atomic E-state index is 12.7. The van der Waals surface area contributed by atoms with Gasteiger partial charge in [-0.15, -0.1) is 0 Å². The number of hydrogen-bond donors (Lipinski definition) is 2. The number of hydrogen-bond acceptors (Lipinski definition) is 3. The second kappa shape index (κ2) is 7.30. The van der Waals surface area contributed by atoms with E-state index in [0.29, 0.717) is 28.4 Å². The molecule has 4 nitrogen and oxygen atoms in total. The molecule has 5 heteroatoms. The highest BCUT2D eigenvalue weighted by atomic mass is 35.5. The van der Waals surface area contributed by atoms with Gasteiger partial charge in [0.05, 0.1) is 24.2 Å². The number of ether oxygens (including phenoxy) is 1. The Morgan fingerprint density at radius 2 is 1.96 bits per heavy atom. The second-order valence-corrected chi connectivity index (χ2v) is 6.51. The molecule has 1 heterocycles. The average Bonchev–Trinajstić information content (AvgIpc) is 2.90. The van der Waals surface area contributed by atoms with Gasteiger partial charge in [0, 0.05) is 5.02 Å². The molecular weight excluding hydrogens is 338 g/mol. The van der Waals surface area contributed by atoms with Crippen LogP contribution in [0.5, 0.6) is 11.5 Å². The number of halogens is 1.